The SMILES string of the molecule is CC(C)(C)OC(=O)COC/C=C1\CCCCC1(C)/C=C/C=C/C(O)CCC1(CC#Cc2ccccc2)CCC1. The molecule has 0 spiro atoms. The van der Waals surface area contributed by atoms with E-state index in [9.17, 15) is 9.90 Å². The summed E-state index contributed by atoms with van der Waals surface area (Å²) in [6.45, 7) is 8.21. The van der Waals surface area contributed by atoms with Crippen molar-refractivity contribution in [2.45, 2.75) is 104 Å². The van der Waals surface area contributed by atoms with Gasteiger partial charge in [0.25, 0.3) is 0 Å². The Morgan fingerprint density at radius 3 is 2.56 bits per heavy atom. The molecule has 2 aliphatic carbocycles. The lowest BCUT2D eigenvalue weighted by Gasteiger charge is -2.41. The molecule has 2 saturated carbocycles. The minimum Gasteiger partial charge on any atom is -0.458 e. The molecule has 0 heterocycles. The van der Waals surface area contributed by atoms with Gasteiger partial charge in [0.05, 0.1) is 12.7 Å². The number of benzene rings is 1. The molecule has 0 amide bonds. The Hall–Kier alpha value is -2.61. The maximum absolute atomic E-state index is 11.9. The Kier molecular flexibility index (Phi) is 11.6. The summed E-state index contributed by atoms with van der Waals surface area (Å²) in [7, 11) is 0. The predicted octanol–water partition coefficient (Wildman–Crippen LogP) is 7.72. The molecule has 2 atom stereocenters. The van der Waals surface area contributed by atoms with Gasteiger partial charge in [-0.3, -0.25) is 0 Å². The van der Waals surface area contributed by atoms with E-state index in [0.717, 1.165) is 37.7 Å². The van der Waals surface area contributed by atoms with Crippen LogP contribution in [0.1, 0.15) is 97.5 Å². The first-order chi connectivity index (χ1) is 18.6. The first kappa shape index (κ1) is 30.9. The van der Waals surface area contributed by atoms with E-state index in [4.69, 9.17) is 9.47 Å². The fourth-order valence-electron chi connectivity index (χ4n) is 5.51. The topological polar surface area (TPSA) is 55.8 Å². The zero-order valence-electron chi connectivity index (χ0n) is 24.5. The molecule has 0 saturated heterocycles. The highest BCUT2D eigenvalue weighted by Crippen LogP contribution is 2.47. The second kappa shape index (κ2) is 14.7. The molecular formula is C35H48O4. The van der Waals surface area contributed by atoms with E-state index in [1.807, 2.05) is 51.1 Å². The molecule has 2 fully saturated rings. The molecule has 0 aromatic heterocycles. The van der Waals surface area contributed by atoms with Crippen LogP contribution in [0.5, 0.6) is 0 Å². The summed E-state index contributed by atoms with van der Waals surface area (Å²) in [6, 6.07) is 10.2. The van der Waals surface area contributed by atoms with Gasteiger partial charge < -0.3 is 14.6 Å². The molecule has 1 aromatic carbocycles. The van der Waals surface area contributed by atoms with Crippen molar-refractivity contribution in [3.8, 4) is 11.8 Å². The van der Waals surface area contributed by atoms with E-state index in [0.29, 0.717) is 6.61 Å². The molecular weight excluding hydrogens is 484 g/mol. The van der Waals surface area contributed by atoms with Crippen LogP contribution in [0.25, 0.3) is 0 Å². The summed E-state index contributed by atoms with van der Waals surface area (Å²) in [6.07, 6.45) is 20.8. The van der Waals surface area contributed by atoms with Crippen molar-refractivity contribution in [2.24, 2.45) is 10.8 Å². The number of esters is 1. The summed E-state index contributed by atoms with van der Waals surface area (Å²) in [4.78, 5) is 11.9. The molecule has 4 nitrogen and oxygen atoms in total. The third kappa shape index (κ3) is 10.8. The van der Waals surface area contributed by atoms with Crippen LogP contribution in [0.15, 0.2) is 66.3 Å². The molecule has 212 valence electrons. The summed E-state index contributed by atoms with van der Waals surface area (Å²) < 4.78 is 10.9. The van der Waals surface area contributed by atoms with Crippen LogP contribution in [0.3, 0.4) is 0 Å². The zero-order chi connectivity index (χ0) is 28.2. The van der Waals surface area contributed by atoms with E-state index in [1.165, 1.54) is 37.7 Å². The number of aliphatic hydroxyl groups excluding tert-OH is 1. The van der Waals surface area contributed by atoms with Crippen molar-refractivity contribution < 1.29 is 19.4 Å². The van der Waals surface area contributed by atoms with Crippen LogP contribution in [0.2, 0.25) is 0 Å². The van der Waals surface area contributed by atoms with Gasteiger partial charge in [0.15, 0.2) is 0 Å². The van der Waals surface area contributed by atoms with Gasteiger partial charge in [0.2, 0.25) is 0 Å². The molecule has 0 aliphatic heterocycles. The quantitative estimate of drug-likeness (QED) is 0.104. The van der Waals surface area contributed by atoms with Gasteiger partial charge in [-0.25, -0.2) is 4.79 Å². The number of aliphatic hydroxyl groups is 1. The summed E-state index contributed by atoms with van der Waals surface area (Å²) >= 11 is 0. The minimum atomic E-state index is -0.497. The number of hydrogen-bond acceptors (Lipinski definition) is 4. The number of carbonyl (C=O) groups is 1. The Bertz CT molecular complexity index is 1060. The second-order valence-corrected chi connectivity index (χ2v) is 12.5. The van der Waals surface area contributed by atoms with Gasteiger partial charge in [-0.1, -0.05) is 85.8 Å². The molecule has 1 N–H and O–H groups in total. The largest absolute Gasteiger partial charge is 0.458 e. The Morgan fingerprint density at radius 2 is 1.87 bits per heavy atom. The Labute approximate surface area is 236 Å². The molecule has 39 heavy (non-hydrogen) atoms. The van der Waals surface area contributed by atoms with Crippen LogP contribution < -0.4 is 0 Å². The number of rotatable bonds is 11. The number of allylic oxidation sites excluding steroid dienone is 4. The van der Waals surface area contributed by atoms with Crippen LogP contribution in [-0.4, -0.2) is 36.0 Å². The number of hydrogen-bond donors (Lipinski definition) is 1. The van der Waals surface area contributed by atoms with Crippen LogP contribution >= 0.6 is 0 Å². The monoisotopic (exact) mass is 532 g/mol. The smallest absolute Gasteiger partial charge is 0.332 e. The van der Waals surface area contributed by atoms with E-state index >= 15 is 0 Å². The Balaban J connectivity index is 1.45. The maximum Gasteiger partial charge on any atom is 0.332 e. The standard InChI is InChI=1S/C35H48O4/c1-33(2,3)39-32(37)28-38-27-20-30-17-8-10-21-34(30,4)22-11-9-18-31(36)19-26-35(24-13-25-35)23-12-16-29-14-6-5-7-15-29/h5-7,9,11,14-15,18,20,22,31,36H,8,10,13,17,19,21,23-28H2,1-4H3/b18-9+,22-11+,30-20+. The normalized spacial score (nSPS) is 22.8. The first-order valence-electron chi connectivity index (χ1n) is 14.7. The van der Waals surface area contributed by atoms with E-state index in [2.05, 4.69) is 49.1 Å². The summed E-state index contributed by atoms with van der Waals surface area (Å²) in [5.74, 6) is 6.36. The van der Waals surface area contributed by atoms with Crippen LogP contribution in [0.4, 0.5) is 0 Å². The van der Waals surface area contributed by atoms with E-state index in [1.54, 1.807) is 0 Å². The molecule has 1 aromatic rings. The highest BCUT2D eigenvalue weighted by atomic mass is 16.6. The van der Waals surface area contributed by atoms with E-state index in [-0.39, 0.29) is 23.4 Å². The molecule has 2 unspecified atom stereocenters. The van der Waals surface area contributed by atoms with Crippen molar-refractivity contribution >= 4 is 5.97 Å². The van der Waals surface area contributed by atoms with Crippen molar-refractivity contribution in [1.29, 1.82) is 0 Å². The van der Waals surface area contributed by atoms with E-state index < -0.39 is 11.7 Å². The van der Waals surface area contributed by atoms with Crippen molar-refractivity contribution in [1.82, 2.24) is 0 Å². The lowest BCUT2D eigenvalue weighted by Crippen LogP contribution is -2.30. The van der Waals surface area contributed by atoms with Gasteiger partial charge in [-0.15, -0.1) is 0 Å². The minimum absolute atomic E-state index is 0.0315. The Morgan fingerprint density at radius 1 is 1.10 bits per heavy atom. The zero-order valence-corrected chi connectivity index (χ0v) is 24.5. The fraction of sp³-hybridized carbons (Fsp3) is 0.571. The summed E-state index contributed by atoms with van der Waals surface area (Å²) in [5.41, 5.74) is 2.16. The predicted molar refractivity (Wildman–Crippen MR) is 159 cm³/mol. The van der Waals surface area contributed by atoms with Crippen LogP contribution in [-0.2, 0) is 14.3 Å². The highest BCUT2D eigenvalue weighted by molar-refractivity contribution is 5.71. The van der Waals surface area contributed by atoms with Gasteiger partial charge in [-0.05, 0) is 83.3 Å². The maximum atomic E-state index is 11.9. The third-order valence-corrected chi connectivity index (χ3v) is 7.98. The average molecular weight is 533 g/mol. The molecule has 2 aliphatic rings. The van der Waals surface area contributed by atoms with Gasteiger partial charge in [-0.2, -0.15) is 0 Å². The third-order valence-electron chi connectivity index (χ3n) is 7.98. The van der Waals surface area contributed by atoms with Crippen molar-refractivity contribution in [2.75, 3.05) is 13.2 Å². The number of carbonyl (C=O) groups excluding carboxylic acids is 1. The van der Waals surface area contributed by atoms with Gasteiger partial charge >= 0.3 is 5.97 Å². The fourth-order valence-corrected chi connectivity index (χ4v) is 5.51. The highest BCUT2D eigenvalue weighted by Gasteiger charge is 2.36. The van der Waals surface area contributed by atoms with Gasteiger partial charge in [0, 0.05) is 17.4 Å². The molecule has 4 heteroatoms. The lowest BCUT2D eigenvalue weighted by atomic mass is 9.64. The van der Waals surface area contributed by atoms with Crippen molar-refractivity contribution in [3.63, 3.8) is 0 Å². The molecule has 3 rings (SSSR count). The first-order valence-corrected chi connectivity index (χ1v) is 14.7. The number of ether oxygens (including phenoxy) is 2. The molecule has 0 radical (unpaired) electrons. The summed E-state index contributed by atoms with van der Waals surface area (Å²) in [5, 5.41) is 10.6. The molecule has 0 bridgehead atoms. The average Bonchev–Trinajstić information content (AvgIpc) is 2.86. The van der Waals surface area contributed by atoms with Crippen molar-refractivity contribution in [3.05, 3.63) is 71.8 Å². The second-order valence-electron chi connectivity index (χ2n) is 12.5. The van der Waals surface area contributed by atoms with Gasteiger partial charge in [0.1, 0.15) is 12.2 Å². The lowest BCUT2D eigenvalue weighted by molar-refractivity contribution is -0.159. The van der Waals surface area contributed by atoms with Crippen LogP contribution in [0, 0.1) is 22.7 Å².